The van der Waals surface area contributed by atoms with Crippen LogP contribution in [-0.2, 0) is 31.2 Å². The van der Waals surface area contributed by atoms with Gasteiger partial charge in [-0.15, -0.1) is 0 Å². The van der Waals surface area contributed by atoms with Crippen molar-refractivity contribution in [1.82, 2.24) is 18.7 Å². The number of aliphatic imine (C=N–C) groups is 2. The van der Waals surface area contributed by atoms with Gasteiger partial charge in [0.25, 0.3) is 11.1 Å². The molecule has 0 aliphatic rings. The van der Waals surface area contributed by atoms with Crippen LogP contribution in [0.5, 0.6) is 23.0 Å². The van der Waals surface area contributed by atoms with Crippen LogP contribution in [0.4, 0.5) is 11.4 Å². The zero-order valence-electron chi connectivity index (χ0n) is 30.8. The summed E-state index contributed by atoms with van der Waals surface area (Å²) in [5.74, 6) is -0.0256. The smallest absolute Gasteiger partial charge is 0.870 e. The van der Waals surface area contributed by atoms with Gasteiger partial charge in [0.15, 0.2) is 11.4 Å². The van der Waals surface area contributed by atoms with Gasteiger partial charge in [0.05, 0.1) is 43.1 Å². The Labute approximate surface area is 323 Å². The van der Waals surface area contributed by atoms with Crippen molar-refractivity contribution in [3.05, 3.63) is 140 Å². The van der Waals surface area contributed by atoms with Crippen LogP contribution in [-0.4, -0.2) is 45.4 Å². The van der Waals surface area contributed by atoms with E-state index in [2.05, 4.69) is 9.98 Å². The third-order valence-electron chi connectivity index (χ3n) is 8.17. The van der Waals surface area contributed by atoms with E-state index in [-0.39, 0.29) is 51.2 Å². The van der Waals surface area contributed by atoms with Crippen LogP contribution in [0, 0.1) is 25.2 Å². The first kappa shape index (κ1) is 41.9. The average molecular weight is 777 g/mol. The van der Waals surface area contributed by atoms with Gasteiger partial charge < -0.3 is 19.7 Å². The summed E-state index contributed by atoms with van der Waals surface area (Å²) in [6.07, 6.45) is 2.81. The molecule has 0 spiro atoms. The molecule has 2 heterocycles. The van der Waals surface area contributed by atoms with Gasteiger partial charge in [-0.2, -0.15) is 5.26 Å². The number of methoxy groups -OCH3 is 2. The van der Waals surface area contributed by atoms with E-state index >= 15 is 0 Å². The molecule has 0 fully saturated rings. The number of hydrogen-bond donors (Lipinski definition) is 0. The molecule has 281 valence electrons. The van der Waals surface area contributed by atoms with Crippen LogP contribution in [0.3, 0.4) is 0 Å². The van der Waals surface area contributed by atoms with Crippen LogP contribution in [0.15, 0.2) is 117 Å². The predicted octanol–water partition coefficient (Wildman–Crippen LogP) is 5.16. The normalized spacial score (nSPS) is 10.5. The largest absolute Gasteiger partial charge is 2.00 e. The van der Waals surface area contributed by atoms with Crippen molar-refractivity contribution in [3.63, 3.8) is 0 Å². The maximum absolute atomic E-state index is 12.8. The topological polar surface area (TPSA) is 167 Å². The van der Waals surface area contributed by atoms with Crippen molar-refractivity contribution >= 4 is 23.8 Å². The summed E-state index contributed by atoms with van der Waals surface area (Å²) in [4.78, 5) is 34.1. The molecule has 2 aromatic heterocycles. The summed E-state index contributed by atoms with van der Waals surface area (Å²) in [5.41, 5.74) is 3.79. The quantitative estimate of drug-likeness (QED) is 0.152. The Hall–Kier alpha value is -6.55. The summed E-state index contributed by atoms with van der Waals surface area (Å²) in [6, 6.07) is 30.3. The van der Waals surface area contributed by atoms with Gasteiger partial charge in [-0.1, -0.05) is 72.2 Å². The van der Waals surface area contributed by atoms with Gasteiger partial charge >= 0.3 is 17.1 Å². The molecule has 0 aliphatic carbocycles. The Bertz CT molecular complexity index is 2240. The molecule has 0 saturated carbocycles. The van der Waals surface area contributed by atoms with Gasteiger partial charge in [-0.05, 0) is 61.4 Å². The molecule has 0 aliphatic heterocycles. The second kappa shape index (κ2) is 19.3. The standard InChI is InChI=1S/2C19H19N3O3.C2H3N.Cu/c2*1-13-17(20-12-14-8-7-11-16(25-3)18(14)23)19(24)22(21(13)2)15-9-5-4-6-10-15;1-2-3;/h2*4-12,23H,1-3H3;1H3;/q;;;+2/p-2. The van der Waals surface area contributed by atoms with Gasteiger partial charge in [-0.3, -0.25) is 19.0 Å². The molecular formula is C40H39CuN7O6. The average Bonchev–Trinajstić information content (AvgIpc) is 3.52. The predicted molar refractivity (Wildman–Crippen MR) is 202 cm³/mol. The maximum atomic E-state index is 12.8. The zero-order chi connectivity index (χ0) is 38.7. The molecule has 6 aromatic rings. The third-order valence-corrected chi connectivity index (χ3v) is 8.17. The van der Waals surface area contributed by atoms with E-state index in [9.17, 15) is 19.8 Å². The molecule has 0 saturated heterocycles. The second-order valence-electron chi connectivity index (χ2n) is 11.3. The minimum absolute atomic E-state index is 0. The zero-order valence-corrected chi connectivity index (χ0v) is 31.7. The first-order valence-corrected chi connectivity index (χ1v) is 16.3. The Morgan fingerprint density at radius 1 is 0.630 bits per heavy atom. The Balaban J connectivity index is 0.000000266. The van der Waals surface area contributed by atoms with Crippen LogP contribution < -0.4 is 30.8 Å². The number of para-hydroxylation sites is 4. The molecule has 0 amide bonds. The second-order valence-corrected chi connectivity index (χ2v) is 11.3. The third kappa shape index (κ3) is 9.08. The molecular weight excluding hydrogens is 738 g/mol. The molecule has 0 N–H and O–H groups in total. The fourth-order valence-corrected chi connectivity index (χ4v) is 5.26. The number of aromatic nitrogens is 4. The van der Waals surface area contributed by atoms with E-state index in [0.717, 1.165) is 11.4 Å². The molecule has 13 nitrogen and oxygen atoms in total. The van der Waals surface area contributed by atoms with Crippen LogP contribution in [0.1, 0.15) is 29.4 Å². The van der Waals surface area contributed by atoms with E-state index in [1.54, 1.807) is 75.3 Å². The SMILES string of the molecule is CC#N.COc1cccc(C=Nc2c(C)n(C)n(-c3ccccc3)c2=O)c1[O-].COc1cccc(C=Nc2c(C)n(C)n(-c3ccccc3)c2=O)c1[O-].[Cu+2]. The molecule has 0 atom stereocenters. The first-order chi connectivity index (χ1) is 25.5. The van der Waals surface area contributed by atoms with Crippen molar-refractivity contribution < 1.29 is 36.8 Å². The maximum Gasteiger partial charge on any atom is 2.00 e. The molecule has 54 heavy (non-hydrogen) atoms. The Morgan fingerprint density at radius 2 is 0.963 bits per heavy atom. The molecule has 4 aromatic carbocycles. The number of rotatable bonds is 8. The number of nitriles is 1. The number of nitrogens with zero attached hydrogens (tertiary/aromatic N) is 7. The summed E-state index contributed by atoms with van der Waals surface area (Å²) in [5, 5.41) is 31.7. The molecule has 6 rings (SSSR count). The summed E-state index contributed by atoms with van der Waals surface area (Å²) < 4.78 is 16.6. The minimum atomic E-state index is -0.259. The van der Waals surface area contributed by atoms with Crippen molar-refractivity contribution in [2.24, 2.45) is 24.1 Å². The summed E-state index contributed by atoms with van der Waals surface area (Å²) in [6.45, 7) is 5.06. The van der Waals surface area contributed by atoms with E-state index in [1.165, 1.54) is 33.6 Å². The van der Waals surface area contributed by atoms with Crippen molar-refractivity contribution in [2.75, 3.05) is 14.2 Å². The van der Waals surface area contributed by atoms with E-state index in [4.69, 9.17) is 14.7 Å². The van der Waals surface area contributed by atoms with E-state index in [0.29, 0.717) is 33.9 Å². The van der Waals surface area contributed by atoms with Gasteiger partial charge in [0, 0.05) is 33.4 Å². The van der Waals surface area contributed by atoms with E-state index in [1.807, 2.05) is 74.5 Å². The van der Waals surface area contributed by atoms with Crippen molar-refractivity contribution in [3.8, 4) is 40.4 Å². The number of ether oxygens (including phenoxy) is 2. The summed E-state index contributed by atoms with van der Waals surface area (Å²) >= 11 is 0. The molecule has 0 unspecified atom stereocenters. The number of benzene rings is 4. The Morgan fingerprint density at radius 3 is 1.28 bits per heavy atom. The fraction of sp³-hybridized carbons (Fsp3) is 0.175. The van der Waals surface area contributed by atoms with Gasteiger partial charge in [0.1, 0.15) is 11.5 Å². The Kier molecular flexibility index (Phi) is 15.0. The monoisotopic (exact) mass is 776 g/mol. The van der Waals surface area contributed by atoms with Crippen LogP contribution >= 0.6 is 0 Å². The van der Waals surface area contributed by atoms with Crippen LogP contribution in [0.2, 0.25) is 0 Å². The molecule has 1 radical (unpaired) electrons. The van der Waals surface area contributed by atoms with Crippen molar-refractivity contribution in [1.29, 1.82) is 5.26 Å². The van der Waals surface area contributed by atoms with Crippen LogP contribution in [0.25, 0.3) is 11.4 Å². The minimum Gasteiger partial charge on any atom is -0.870 e. The molecule has 0 bridgehead atoms. The van der Waals surface area contributed by atoms with Gasteiger partial charge in [-0.25, -0.2) is 19.3 Å². The number of hydrogen-bond acceptors (Lipinski definition) is 9. The van der Waals surface area contributed by atoms with E-state index < -0.39 is 0 Å². The fourth-order valence-electron chi connectivity index (χ4n) is 5.26. The van der Waals surface area contributed by atoms with Gasteiger partial charge in [0.2, 0.25) is 0 Å². The summed E-state index contributed by atoms with van der Waals surface area (Å²) in [7, 11) is 6.48. The molecule has 14 heteroatoms. The van der Waals surface area contributed by atoms with Crippen molar-refractivity contribution in [2.45, 2.75) is 20.8 Å². The first-order valence-electron chi connectivity index (χ1n) is 16.3.